The fourth-order valence-electron chi connectivity index (χ4n) is 2.61. The van der Waals surface area contributed by atoms with E-state index >= 15 is 0 Å². The SMILES string of the molecule is COc1ccc(C2CC(CN)=NN2c2ccc(F)cc2)cc1. The molecule has 2 aromatic carbocycles. The molecule has 22 heavy (non-hydrogen) atoms. The van der Waals surface area contributed by atoms with Gasteiger partial charge in [0.25, 0.3) is 0 Å². The molecule has 0 spiro atoms. The van der Waals surface area contributed by atoms with Gasteiger partial charge >= 0.3 is 0 Å². The van der Waals surface area contributed by atoms with Gasteiger partial charge in [0.2, 0.25) is 0 Å². The molecule has 0 bridgehead atoms. The minimum absolute atomic E-state index is 0.0647. The lowest BCUT2D eigenvalue weighted by molar-refractivity contribution is 0.414. The molecular formula is C17H18FN3O. The van der Waals surface area contributed by atoms with E-state index in [0.29, 0.717) is 6.54 Å². The maximum absolute atomic E-state index is 13.1. The number of anilines is 1. The molecule has 0 aliphatic carbocycles. The highest BCUT2D eigenvalue weighted by Gasteiger charge is 2.28. The van der Waals surface area contributed by atoms with Crippen molar-refractivity contribution in [3.63, 3.8) is 0 Å². The summed E-state index contributed by atoms with van der Waals surface area (Å²) in [5.74, 6) is 0.557. The van der Waals surface area contributed by atoms with Gasteiger partial charge in [0.05, 0.1) is 24.6 Å². The molecule has 0 aromatic heterocycles. The number of ether oxygens (including phenoxy) is 1. The maximum atomic E-state index is 13.1. The van der Waals surface area contributed by atoms with Crippen molar-refractivity contribution in [3.8, 4) is 5.75 Å². The van der Waals surface area contributed by atoms with E-state index in [4.69, 9.17) is 10.5 Å². The van der Waals surface area contributed by atoms with Gasteiger partial charge in [0, 0.05) is 13.0 Å². The lowest BCUT2D eigenvalue weighted by Crippen LogP contribution is -2.18. The van der Waals surface area contributed by atoms with E-state index in [0.717, 1.165) is 29.1 Å². The van der Waals surface area contributed by atoms with Gasteiger partial charge in [-0.15, -0.1) is 0 Å². The number of hydrazone groups is 1. The molecule has 0 amide bonds. The third-order valence-corrected chi connectivity index (χ3v) is 3.80. The third-order valence-electron chi connectivity index (χ3n) is 3.80. The first-order chi connectivity index (χ1) is 10.7. The Kier molecular flexibility index (Phi) is 4.06. The molecule has 0 saturated carbocycles. The molecule has 4 nitrogen and oxygen atoms in total. The second kappa shape index (κ2) is 6.15. The summed E-state index contributed by atoms with van der Waals surface area (Å²) in [5, 5.41) is 6.48. The van der Waals surface area contributed by atoms with Crippen LogP contribution in [0.15, 0.2) is 53.6 Å². The van der Waals surface area contributed by atoms with E-state index in [-0.39, 0.29) is 11.9 Å². The largest absolute Gasteiger partial charge is 0.497 e. The molecule has 2 N–H and O–H groups in total. The first-order valence-corrected chi connectivity index (χ1v) is 7.16. The fourth-order valence-corrected chi connectivity index (χ4v) is 2.61. The van der Waals surface area contributed by atoms with E-state index in [9.17, 15) is 4.39 Å². The number of halogens is 1. The average Bonchev–Trinajstić information content (AvgIpc) is 3.00. The van der Waals surface area contributed by atoms with Crippen LogP contribution in [0.1, 0.15) is 18.0 Å². The number of hydrogen-bond acceptors (Lipinski definition) is 4. The Labute approximate surface area is 129 Å². The summed E-state index contributed by atoms with van der Waals surface area (Å²) in [5.41, 5.74) is 8.66. The molecule has 114 valence electrons. The zero-order chi connectivity index (χ0) is 15.5. The van der Waals surface area contributed by atoms with E-state index in [2.05, 4.69) is 5.10 Å². The van der Waals surface area contributed by atoms with Crippen LogP contribution in [-0.2, 0) is 0 Å². The van der Waals surface area contributed by atoms with E-state index in [1.807, 2.05) is 29.3 Å². The number of nitrogens with two attached hydrogens (primary N) is 1. The highest BCUT2D eigenvalue weighted by molar-refractivity contribution is 5.90. The summed E-state index contributed by atoms with van der Waals surface area (Å²) in [4.78, 5) is 0. The molecule has 0 fully saturated rings. The van der Waals surface area contributed by atoms with Gasteiger partial charge in [-0.25, -0.2) is 4.39 Å². The molecular weight excluding hydrogens is 281 g/mol. The van der Waals surface area contributed by atoms with E-state index in [1.54, 1.807) is 19.2 Å². The number of benzene rings is 2. The van der Waals surface area contributed by atoms with Gasteiger partial charge in [-0.05, 0) is 42.0 Å². The topological polar surface area (TPSA) is 50.9 Å². The third kappa shape index (κ3) is 2.80. The molecule has 1 atom stereocenters. The average molecular weight is 299 g/mol. The van der Waals surface area contributed by atoms with Crippen molar-refractivity contribution in [2.45, 2.75) is 12.5 Å². The summed E-state index contributed by atoms with van der Waals surface area (Å²) in [7, 11) is 1.64. The molecule has 1 unspecified atom stereocenters. The van der Waals surface area contributed by atoms with Crippen molar-refractivity contribution in [1.29, 1.82) is 0 Å². The number of nitrogens with zero attached hydrogens (tertiary/aromatic N) is 2. The predicted molar refractivity (Wildman–Crippen MR) is 85.7 cm³/mol. The first kappa shape index (κ1) is 14.5. The van der Waals surface area contributed by atoms with Crippen LogP contribution >= 0.6 is 0 Å². The minimum atomic E-state index is -0.257. The summed E-state index contributed by atoms with van der Waals surface area (Å²) >= 11 is 0. The Morgan fingerprint density at radius 1 is 1.18 bits per heavy atom. The lowest BCUT2D eigenvalue weighted by Gasteiger charge is -2.24. The standard InChI is InChI=1S/C17H18FN3O/c1-22-16-8-2-12(3-9-16)17-10-14(11-19)20-21(17)15-6-4-13(18)5-7-15/h2-9,17H,10-11,19H2,1H3. The van der Waals surface area contributed by atoms with Crippen LogP contribution in [0.2, 0.25) is 0 Å². The van der Waals surface area contributed by atoms with Gasteiger partial charge in [-0.2, -0.15) is 5.10 Å². The fraction of sp³-hybridized carbons (Fsp3) is 0.235. The van der Waals surface area contributed by atoms with Crippen LogP contribution in [0.3, 0.4) is 0 Å². The predicted octanol–water partition coefficient (Wildman–Crippen LogP) is 3.10. The van der Waals surface area contributed by atoms with Gasteiger partial charge < -0.3 is 10.5 Å². The molecule has 3 rings (SSSR count). The number of hydrogen-bond donors (Lipinski definition) is 1. The Hall–Kier alpha value is -2.40. The molecule has 0 radical (unpaired) electrons. The van der Waals surface area contributed by atoms with Crippen LogP contribution < -0.4 is 15.5 Å². The minimum Gasteiger partial charge on any atom is -0.497 e. The molecule has 1 aliphatic heterocycles. The van der Waals surface area contributed by atoms with Crippen LogP contribution in [0.5, 0.6) is 5.75 Å². The van der Waals surface area contributed by atoms with Crippen molar-refractivity contribution >= 4 is 11.4 Å². The van der Waals surface area contributed by atoms with Crippen molar-refractivity contribution in [2.75, 3.05) is 18.7 Å². The number of methoxy groups -OCH3 is 1. The Bertz CT molecular complexity index is 667. The zero-order valence-corrected chi connectivity index (χ0v) is 12.4. The first-order valence-electron chi connectivity index (χ1n) is 7.16. The molecule has 1 aliphatic rings. The van der Waals surface area contributed by atoms with Crippen LogP contribution in [0.4, 0.5) is 10.1 Å². The van der Waals surface area contributed by atoms with Crippen LogP contribution in [0.25, 0.3) is 0 Å². The highest BCUT2D eigenvalue weighted by atomic mass is 19.1. The quantitative estimate of drug-likeness (QED) is 0.944. The van der Waals surface area contributed by atoms with Crippen LogP contribution in [-0.4, -0.2) is 19.4 Å². The Morgan fingerprint density at radius 3 is 2.45 bits per heavy atom. The summed E-state index contributed by atoms with van der Waals surface area (Å²) in [6.07, 6.45) is 0.764. The molecule has 0 saturated heterocycles. The van der Waals surface area contributed by atoms with Crippen molar-refractivity contribution in [3.05, 3.63) is 59.9 Å². The molecule has 1 heterocycles. The van der Waals surface area contributed by atoms with Gasteiger partial charge in [-0.3, -0.25) is 5.01 Å². The summed E-state index contributed by atoms with van der Waals surface area (Å²) in [6, 6.07) is 14.3. The molecule has 5 heteroatoms. The van der Waals surface area contributed by atoms with Crippen molar-refractivity contribution < 1.29 is 9.13 Å². The van der Waals surface area contributed by atoms with E-state index in [1.165, 1.54) is 12.1 Å². The second-order valence-corrected chi connectivity index (χ2v) is 5.18. The van der Waals surface area contributed by atoms with Crippen molar-refractivity contribution in [2.24, 2.45) is 10.8 Å². The number of rotatable bonds is 4. The van der Waals surface area contributed by atoms with Gasteiger partial charge in [0.15, 0.2) is 0 Å². The monoisotopic (exact) mass is 299 g/mol. The van der Waals surface area contributed by atoms with Gasteiger partial charge in [-0.1, -0.05) is 12.1 Å². The van der Waals surface area contributed by atoms with Gasteiger partial charge in [0.1, 0.15) is 11.6 Å². The summed E-state index contributed by atoms with van der Waals surface area (Å²) in [6.45, 7) is 0.421. The molecule has 2 aromatic rings. The maximum Gasteiger partial charge on any atom is 0.123 e. The van der Waals surface area contributed by atoms with E-state index < -0.39 is 0 Å². The Balaban J connectivity index is 1.93. The van der Waals surface area contributed by atoms with Crippen LogP contribution in [0, 0.1) is 5.82 Å². The lowest BCUT2D eigenvalue weighted by atomic mass is 10.0. The normalized spacial score (nSPS) is 17.5. The summed E-state index contributed by atoms with van der Waals surface area (Å²) < 4.78 is 18.3. The smallest absolute Gasteiger partial charge is 0.123 e. The second-order valence-electron chi connectivity index (χ2n) is 5.18. The van der Waals surface area contributed by atoms with Crippen molar-refractivity contribution in [1.82, 2.24) is 0 Å². The highest BCUT2D eigenvalue weighted by Crippen LogP contribution is 2.35. The zero-order valence-electron chi connectivity index (χ0n) is 12.4. The Morgan fingerprint density at radius 2 is 1.86 bits per heavy atom.